The van der Waals surface area contributed by atoms with Crippen molar-refractivity contribution in [3.8, 4) is 0 Å². The third-order valence-corrected chi connectivity index (χ3v) is 6.80. The number of halogens is 1. The van der Waals surface area contributed by atoms with Gasteiger partial charge in [-0.15, -0.1) is 22.7 Å². The van der Waals surface area contributed by atoms with E-state index in [4.69, 9.17) is 0 Å². The molecule has 3 rings (SSSR count). The second-order valence-corrected chi connectivity index (χ2v) is 8.95. The van der Waals surface area contributed by atoms with Crippen LogP contribution >= 0.6 is 22.7 Å². The molecule has 0 fully saturated rings. The fraction of sp³-hybridized carbons (Fsp3) is 0.125. The first-order chi connectivity index (χ1) is 11.5. The van der Waals surface area contributed by atoms with Crippen LogP contribution in [0.25, 0.3) is 0 Å². The van der Waals surface area contributed by atoms with Crippen molar-refractivity contribution >= 4 is 32.7 Å². The number of hydrogen-bond acceptors (Lipinski definition) is 5. The van der Waals surface area contributed by atoms with Gasteiger partial charge >= 0.3 is 0 Å². The van der Waals surface area contributed by atoms with Crippen LogP contribution in [0, 0.1) is 5.82 Å². The molecule has 8 heteroatoms. The summed E-state index contributed by atoms with van der Waals surface area (Å²) in [6.07, 6.45) is -0.697. The van der Waals surface area contributed by atoms with E-state index in [0.29, 0.717) is 0 Å². The Hall–Kier alpha value is -1.58. The Morgan fingerprint density at radius 3 is 2.50 bits per heavy atom. The van der Waals surface area contributed by atoms with E-state index >= 15 is 0 Å². The van der Waals surface area contributed by atoms with Crippen LogP contribution < -0.4 is 4.72 Å². The molecular formula is C16H14FNO3S3. The number of hydrogen-bond donors (Lipinski definition) is 2. The zero-order valence-corrected chi connectivity index (χ0v) is 14.8. The number of sulfonamides is 1. The smallest absolute Gasteiger partial charge is 0.240 e. The van der Waals surface area contributed by atoms with Crippen molar-refractivity contribution < 1.29 is 17.9 Å². The Labute approximate surface area is 147 Å². The van der Waals surface area contributed by atoms with E-state index in [0.717, 1.165) is 26.8 Å². The van der Waals surface area contributed by atoms with Gasteiger partial charge in [0.15, 0.2) is 0 Å². The topological polar surface area (TPSA) is 66.4 Å². The summed E-state index contributed by atoms with van der Waals surface area (Å²) in [5, 5.41) is 12.2. The largest absolute Gasteiger partial charge is 0.382 e. The number of benzene rings is 1. The highest BCUT2D eigenvalue weighted by Gasteiger charge is 2.16. The maximum atomic E-state index is 12.9. The minimum absolute atomic E-state index is 0.0132. The maximum Gasteiger partial charge on any atom is 0.240 e. The van der Waals surface area contributed by atoms with E-state index < -0.39 is 21.9 Å². The normalized spacial score (nSPS) is 13.1. The molecular weight excluding hydrogens is 369 g/mol. The van der Waals surface area contributed by atoms with Gasteiger partial charge in [0.25, 0.3) is 0 Å². The zero-order valence-electron chi connectivity index (χ0n) is 12.3. The number of nitrogens with one attached hydrogen (secondary N) is 1. The lowest BCUT2D eigenvalue weighted by atomic mass is 10.2. The van der Waals surface area contributed by atoms with E-state index in [-0.39, 0.29) is 11.4 Å². The van der Waals surface area contributed by atoms with E-state index in [1.165, 1.54) is 34.8 Å². The molecule has 0 aliphatic rings. The van der Waals surface area contributed by atoms with Gasteiger partial charge in [0.1, 0.15) is 11.9 Å². The minimum Gasteiger partial charge on any atom is -0.382 e. The Bertz CT molecular complexity index is 902. The van der Waals surface area contributed by atoms with Crippen molar-refractivity contribution in [2.75, 3.05) is 0 Å². The van der Waals surface area contributed by atoms with Crippen LogP contribution in [-0.4, -0.2) is 13.5 Å². The lowest BCUT2D eigenvalue weighted by Crippen LogP contribution is -2.22. The van der Waals surface area contributed by atoms with Gasteiger partial charge in [-0.2, -0.15) is 0 Å². The van der Waals surface area contributed by atoms with Crippen molar-refractivity contribution in [3.05, 3.63) is 74.4 Å². The molecule has 0 aliphatic carbocycles. The van der Waals surface area contributed by atoms with Gasteiger partial charge in [0, 0.05) is 21.2 Å². The zero-order chi connectivity index (χ0) is 17.2. The predicted molar refractivity (Wildman–Crippen MR) is 93.1 cm³/mol. The van der Waals surface area contributed by atoms with Crippen molar-refractivity contribution in [1.82, 2.24) is 4.72 Å². The first kappa shape index (κ1) is 17.2. The van der Waals surface area contributed by atoms with Crippen molar-refractivity contribution in [2.24, 2.45) is 0 Å². The first-order valence-electron chi connectivity index (χ1n) is 7.01. The minimum atomic E-state index is -3.70. The molecule has 4 nitrogen and oxygen atoms in total. The highest BCUT2D eigenvalue weighted by Crippen LogP contribution is 2.31. The molecule has 1 atom stereocenters. The molecule has 0 spiro atoms. The number of aliphatic hydroxyl groups is 1. The molecule has 1 aromatic carbocycles. The molecule has 0 radical (unpaired) electrons. The van der Waals surface area contributed by atoms with E-state index in [1.54, 1.807) is 12.1 Å². The Balaban J connectivity index is 1.68. The first-order valence-corrected chi connectivity index (χ1v) is 10.2. The molecule has 0 saturated carbocycles. The molecule has 0 aliphatic heterocycles. The molecule has 126 valence electrons. The van der Waals surface area contributed by atoms with Gasteiger partial charge in [0.2, 0.25) is 10.0 Å². The van der Waals surface area contributed by atoms with Crippen LogP contribution in [0.1, 0.15) is 20.7 Å². The molecule has 2 heterocycles. The average molecular weight is 383 g/mol. The highest BCUT2D eigenvalue weighted by molar-refractivity contribution is 7.89. The summed E-state index contributed by atoms with van der Waals surface area (Å²) in [6, 6.07) is 11.9. The van der Waals surface area contributed by atoms with Crippen LogP contribution in [0.3, 0.4) is 0 Å². The molecule has 2 aromatic heterocycles. The molecule has 24 heavy (non-hydrogen) atoms. The monoisotopic (exact) mass is 383 g/mol. The van der Waals surface area contributed by atoms with Crippen molar-refractivity contribution in [2.45, 2.75) is 17.5 Å². The quantitative estimate of drug-likeness (QED) is 0.685. The van der Waals surface area contributed by atoms with Gasteiger partial charge in [-0.3, -0.25) is 0 Å². The lowest BCUT2D eigenvalue weighted by molar-refractivity contribution is 0.228. The summed E-state index contributed by atoms with van der Waals surface area (Å²) in [5.41, 5.74) is 0. The van der Waals surface area contributed by atoms with Gasteiger partial charge in [-0.25, -0.2) is 17.5 Å². The fourth-order valence-corrected chi connectivity index (χ4v) is 4.94. The Kier molecular flexibility index (Phi) is 5.12. The summed E-state index contributed by atoms with van der Waals surface area (Å²) in [6.45, 7) is 0.113. The maximum absolute atomic E-state index is 12.9. The standard InChI is InChI=1S/C16H14FNO3S3/c17-11-3-6-13(7-4-11)24(20,21)18-10-12-5-8-15(23-12)16(19)14-2-1-9-22-14/h1-9,16,18-19H,10H2. The van der Waals surface area contributed by atoms with E-state index in [1.807, 2.05) is 17.5 Å². The average Bonchev–Trinajstić information content (AvgIpc) is 3.25. The summed E-state index contributed by atoms with van der Waals surface area (Å²) in [4.78, 5) is 2.40. The van der Waals surface area contributed by atoms with Crippen molar-refractivity contribution in [3.63, 3.8) is 0 Å². The third kappa shape index (κ3) is 3.90. The molecule has 0 amide bonds. The predicted octanol–water partition coefficient (Wildman–Crippen LogP) is 3.51. The lowest BCUT2D eigenvalue weighted by Gasteiger charge is -2.06. The second-order valence-electron chi connectivity index (χ2n) is 5.00. The van der Waals surface area contributed by atoms with E-state index in [9.17, 15) is 17.9 Å². The highest BCUT2D eigenvalue weighted by atomic mass is 32.2. The van der Waals surface area contributed by atoms with Crippen molar-refractivity contribution in [1.29, 1.82) is 0 Å². The second kappa shape index (κ2) is 7.12. The summed E-state index contributed by atoms with van der Waals surface area (Å²) >= 11 is 2.81. The number of rotatable bonds is 6. The van der Waals surface area contributed by atoms with Crippen LogP contribution in [0.15, 0.2) is 58.8 Å². The molecule has 0 saturated heterocycles. The molecule has 3 aromatic rings. The van der Waals surface area contributed by atoms with Crippen LogP contribution in [0.4, 0.5) is 4.39 Å². The van der Waals surface area contributed by atoms with Gasteiger partial charge < -0.3 is 5.11 Å². The number of thiophene rings is 2. The Morgan fingerprint density at radius 1 is 1.08 bits per heavy atom. The SMILES string of the molecule is O=S(=O)(NCc1ccc(C(O)c2cccs2)s1)c1ccc(F)cc1. The van der Waals surface area contributed by atoms with Crippen LogP contribution in [0.5, 0.6) is 0 Å². The van der Waals surface area contributed by atoms with Crippen LogP contribution in [-0.2, 0) is 16.6 Å². The van der Waals surface area contributed by atoms with Gasteiger partial charge in [0.05, 0.1) is 4.90 Å². The summed E-state index contributed by atoms with van der Waals surface area (Å²) in [5.74, 6) is -0.487. The van der Waals surface area contributed by atoms with Gasteiger partial charge in [-0.1, -0.05) is 6.07 Å². The molecule has 1 unspecified atom stereocenters. The fourth-order valence-electron chi connectivity index (χ4n) is 2.09. The van der Waals surface area contributed by atoms with Gasteiger partial charge in [-0.05, 0) is 47.8 Å². The molecule has 0 bridgehead atoms. The molecule has 2 N–H and O–H groups in total. The summed E-state index contributed by atoms with van der Waals surface area (Å²) < 4.78 is 39.7. The third-order valence-electron chi connectivity index (χ3n) is 3.32. The van der Waals surface area contributed by atoms with E-state index in [2.05, 4.69) is 4.72 Å². The number of aliphatic hydroxyl groups excluding tert-OH is 1. The summed E-state index contributed by atoms with van der Waals surface area (Å²) in [7, 11) is -3.70. The Morgan fingerprint density at radius 2 is 1.83 bits per heavy atom. The van der Waals surface area contributed by atoms with Crippen LogP contribution in [0.2, 0.25) is 0 Å².